The van der Waals surface area contributed by atoms with Crippen molar-refractivity contribution in [2.45, 2.75) is 38.6 Å². The highest BCUT2D eigenvalue weighted by molar-refractivity contribution is 5.37. The summed E-state index contributed by atoms with van der Waals surface area (Å²) in [4.78, 5) is 12.8. The van der Waals surface area contributed by atoms with Gasteiger partial charge in [-0.2, -0.15) is 15.0 Å². The van der Waals surface area contributed by atoms with Crippen LogP contribution in [0.2, 0.25) is 0 Å². The van der Waals surface area contributed by atoms with Crippen LogP contribution in [-0.4, -0.2) is 34.6 Å². The number of nitrogens with zero attached hydrogens (tertiary/aromatic N) is 3. The fourth-order valence-electron chi connectivity index (χ4n) is 3.34. The molecule has 19 heavy (non-hydrogen) atoms. The number of nitrogens with one attached hydrogen (secondary N) is 2. The zero-order valence-electron chi connectivity index (χ0n) is 11.5. The third-order valence-electron chi connectivity index (χ3n) is 4.18. The summed E-state index contributed by atoms with van der Waals surface area (Å²) in [6, 6.07) is 0.872. The topological polar surface area (TPSA) is 72.0 Å². The minimum atomic E-state index is 0.358. The van der Waals surface area contributed by atoms with Crippen LogP contribution in [-0.2, 0) is 0 Å². The molecular weight excluding hydrogens is 242 g/mol. The van der Waals surface area contributed by atoms with Crippen LogP contribution in [0.5, 0.6) is 6.01 Å². The normalized spacial score (nSPS) is 28.4. The van der Waals surface area contributed by atoms with E-state index in [1.807, 2.05) is 6.92 Å². The third kappa shape index (κ3) is 2.57. The van der Waals surface area contributed by atoms with Crippen LogP contribution in [0.15, 0.2) is 0 Å². The summed E-state index contributed by atoms with van der Waals surface area (Å²) in [6.07, 6.45) is 5.34. The first kappa shape index (κ1) is 12.4. The van der Waals surface area contributed by atoms with Gasteiger partial charge < -0.3 is 15.4 Å². The molecule has 104 valence electrons. The maximum absolute atomic E-state index is 5.13. The van der Waals surface area contributed by atoms with Crippen LogP contribution in [0.4, 0.5) is 11.9 Å². The summed E-state index contributed by atoms with van der Waals surface area (Å²) in [5, 5.41) is 6.56. The highest BCUT2D eigenvalue weighted by atomic mass is 16.5. The fraction of sp³-hybridized carbons (Fsp3) is 0.769. The van der Waals surface area contributed by atoms with Crippen LogP contribution in [0, 0.1) is 11.8 Å². The molecule has 3 rings (SSSR count). The van der Waals surface area contributed by atoms with Crippen molar-refractivity contribution in [2.75, 3.05) is 24.3 Å². The maximum Gasteiger partial charge on any atom is 0.322 e. The van der Waals surface area contributed by atoms with Gasteiger partial charge in [0.1, 0.15) is 0 Å². The predicted octanol–water partition coefficient (Wildman–Crippen LogP) is 1.91. The molecule has 2 fully saturated rings. The van der Waals surface area contributed by atoms with Gasteiger partial charge in [0.25, 0.3) is 0 Å². The first-order valence-corrected chi connectivity index (χ1v) is 7.09. The Morgan fingerprint density at radius 2 is 2.00 bits per heavy atom. The Balaban J connectivity index is 1.74. The van der Waals surface area contributed by atoms with Crippen LogP contribution in [0.1, 0.15) is 32.6 Å². The SMILES string of the molecule is CCNc1nc(NC2CC3CCC2C3)nc(OC)n1. The Morgan fingerprint density at radius 1 is 1.16 bits per heavy atom. The van der Waals surface area contributed by atoms with Gasteiger partial charge in [-0.15, -0.1) is 0 Å². The van der Waals surface area contributed by atoms with Crippen molar-refractivity contribution in [3.05, 3.63) is 0 Å². The Bertz CT molecular complexity index is 453. The van der Waals surface area contributed by atoms with Crippen molar-refractivity contribution < 1.29 is 4.74 Å². The lowest BCUT2D eigenvalue weighted by Crippen LogP contribution is -2.27. The highest BCUT2D eigenvalue weighted by Crippen LogP contribution is 2.45. The second-order valence-corrected chi connectivity index (χ2v) is 5.43. The van der Waals surface area contributed by atoms with E-state index in [9.17, 15) is 0 Å². The average molecular weight is 263 g/mol. The number of hydrogen-bond acceptors (Lipinski definition) is 6. The molecule has 0 saturated heterocycles. The lowest BCUT2D eigenvalue weighted by atomic mass is 9.95. The largest absolute Gasteiger partial charge is 0.467 e. The summed E-state index contributed by atoms with van der Waals surface area (Å²) < 4.78 is 5.13. The number of ether oxygens (including phenoxy) is 1. The fourth-order valence-corrected chi connectivity index (χ4v) is 3.34. The van der Waals surface area contributed by atoms with Crippen molar-refractivity contribution in [3.63, 3.8) is 0 Å². The van der Waals surface area contributed by atoms with E-state index < -0.39 is 0 Å². The van der Waals surface area contributed by atoms with Crippen LogP contribution < -0.4 is 15.4 Å². The van der Waals surface area contributed by atoms with E-state index in [0.717, 1.165) is 18.4 Å². The molecule has 0 radical (unpaired) electrons. The number of methoxy groups -OCH3 is 1. The zero-order valence-corrected chi connectivity index (χ0v) is 11.5. The van der Waals surface area contributed by atoms with E-state index in [1.54, 1.807) is 7.11 Å². The summed E-state index contributed by atoms with van der Waals surface area (Å²) in [5.41, 5.74) is 0. The smallest absolute Gasteiger partial charge is 0.322 e. The van der Waals surface area contributed by atoms with Gasteiger partial charge in [0.2, 0.25) is 11.9 Å². The van der Waals surface area contributed by atoms with E-state index in [2.05, 4.69) is 25.6 Å². The van der Waals surface area contributed by atoms with Crippen molar-refractivity contribution in [2.24, 2.45) is 11.8 Å². The molecule has 1 heterocycles. The quantitative estimate of drug-likeness (QED) is 0.845. The van der Waals surface area contributed by atoms with Gasteiger partial charge in [0.15, 0.2) is 0 Å². The summed E-state index contributed by atoms with van der Waals surface area (Å²) in [6.45, 7) is 2.79. The number of rotatable bonds is 5. The molecule has 2 saturated carbocycles. The Morgan fingerprint density at radius 3 is 2.63 bits per heavy atom. The molecule has 0 spiro atoms. The molecule has 3 atom stereocenters. The summed E-state index contributed by atoms with van der Waals surface area (Å²) in [7, 11) is 1.58. The molecule has 2 N–H and O–H groups in total. The summed E-state index contributed by atoms with van der Waals surface area (Å²) >= 11 is 0. The minimum absolute atomic E-state index is 0.358. The molecule has 3 unspecified atom stereocenters. The van der Waals surface area contributed by atoms with Crippen molar-refractivity contribution in [3.8, 4) is 6.01 Å². The van der Waals surface area contributed by atoms with Gasteiger partial charge >= 0.3 is 6.01 Å². The van der Waals surface area contributed by atoms with Gasteiger partial charge in [0, 0.05) is 12.6 Å². The van der Waals surface area contributed by atoms with Gasteiger partial charge in [0.05, 0.1) is 7.11 Å². The van der Waals surface area contributed by atoms with Gasteiger partial charge in [-0.1, -0.05) is 6.42 Å². The van der Waals surface area contributed by atoms with E-state index >= 15 is 0 Å². The average Bonchev–Trinajstić information content (AvgIpc) is 3.01. The monoisotopic (exact) mass is 263 g/mol. The Hall–Kier alpha value is -1.59. The molecule has 0 aliphatic heterocycles. The summed E-state index contributed by atoms with van der Waals surface area (Å²) in [5.74, 6) is 2.88. The van der Waals surface area contributed by atoms with Crippen LogP contribution in [0.25, 0.3) is 0 Å². The number of hydrogen-bond donors (Lipinski definition) is 2. The molecular formula is C13H21N5O. The van der Waals surface area contributed by atoms with Crippen molar-refractivity contribution in [1.82, 2.24) is 15.0 Å². The number of fused-ring (bicyclic) bond motifs is 2. The Labute approximate surface area is 113 Å². The first-order valence-electron chi connectivity index (χ1n) is 7.09. The molecule has 1 aromatic heterocycles. The third-order valence-corrected chi connectivity index (χ3v) is 4.18. The van der Waals surface area contributed by atoms with Gasteiger partial charge in [-0.05, 0) is 38.0 Å². The molecule has 2 aliphatic carbocycles. The van der Waals surface area contributed by atoms with E-state index in [0.29, 0.717) is 23.9 Å². The van der Waals surface area contributed by atoms with Crippen LogP contribution >= 0.6 is 0 Å². The predicted molar refractivity (Wildman–Crippen MR) is 73.4 cm³/mol. The molecule has 2 bridgehead atoms. The minimum Gasteiger partial charge on any atom is -0.467 e. The van der Waals surface area contributed by atoms with E-state index in [-0.39, 0.29) is 0 Å². The number of aromatic nitrogens is 3. The molecule has 2 aliphatic rings. The second kappa shape index (κ2) is 5.19. The van der Waals surface area contributed by atoms with E-state index in [1.165, 1.54) is 25.7 Å². The molecule has 1 aromatic rings. The second-order valence-electron chi connectivity index (χ2n) is 5.43. The van der Waals surface area contributed by atoms with Crippen molar-refractivity contribution >= 4 is 11.9 Å². The molecule has 0 amide bonds. The first-order chi connectivity index (χ1) is 9.28. The lowest BCUT2D eigenvalue weighted by Gasteiger charge is -2.22. The molecule has 0 aromatic carbocycles. The number of anilines is 2. The van der Waals surface area contributed by atoms with Gasteiger partial charge in [-0.3, -0.25) is 0 Å². The molecule has 6 nitrogen and oxygen atoms in total. The van der Waals surface area contributed by atoms with Crippen molar-refractivity contribution in [1.29, 1.82) is 0 Å². The molecule has 6 heteroatoms. The van der Waals surface area contributed by atoms with Crippen LogP contribution in [0.3, 0.4) is 0 Å². The lowest BCUT2D eigenvalue weighted by molar-refractivity contribution is 0.378. The van der Waals surface area contributed by atoms with Gasteiger partial charge in [-0.25, -0.2) is 0 Å². The Kier molecular flexibility index (Phi) is 3.40. The van der Waals surface area contributed by atoms with E-state index in [4.69, 9.17) is 4.74 Å². The highest BCUT2D eigenvalue weighted by Gasteiger charge is 2.39. The zero-order chi connectivity index (χ0) is 13.2. The standard InChI is InChI=1S/C13H21N5O/c1-3-14-11-16-12(18-13(17-11)19-2)15-10-7-8-4-5-9(10)6-8/h8-10H,3-7H2,1-2H3,(H2,14,15,16,17,18). The maximum atomic E-state index is 5.13.